The van der Waals surface area contributed by atoms with Gasteiger partial charge in [0.2, 0.25) is 5.91 Å². The largest absolute Gasteiger partial charge is 0.399 e. The van der Waals surface area contributed by atoms with Crippen LogP contribution in [-0.2, 0) is 11.3 Å². The van der Waals surface area contributed by atoms with Crippen LogP contribution >= 0.6 is 15.9 Å². The number of nitrogen functional groups attached to an aromatic ring is 1. The molecule has 5 nitrogen and oxygen atoms in total. The second-order valence-corrected chi connectivity index (χ2v) is 5.71. The summed E-state index contributed by atoms with van der Waals surface area (Å²) in [5.74, 6) is 1.08. The zero-order chi connectivity index (χ0) is 14.7. The predicted molar refractivity (Wildman–Crippen MR) is 83.5 cm³/mol. The molecule has 2 aromatic rings. The summed E-state index contributed by atoms with van der Waals surface area (Å²) in [4.78, 5) is 16.3. The zero-order valence-electron chi connectivity index (χ0n) is 11.4. The van der Waals surface area contributed by atoms with Crippen LogP contribution in [0.2, 0.25) is 0 Å². The Hall–Kier alpha value is -1.82. The minimum atomic E-state index is -0.102. The number of nitrogens with one attached hydrogen (secondary N) is 1. The monoisotopic (exact) mass is 336 g/mol. The van der Waals surface area contributed by atoms with Gasteiger partial charge in [-0.25, -0.2) is 4.98 Å². The Kier molecular flexibility index (Phi) is 4.44. The molecule has 0 atom stereocenters. The highest BCUT2D eigenvalue weighted by Crippen LogP contribution is 2.24. The van der Waals surface area contributed by atoms with Gasteiger partial charge >= 0.3 is 0 Å². The SMILES string of the molecule is CC(C)c1nccn1CC(=O)Nc1ccc(N)cc1Br. The number of hydrogen-bond acceptors (Lipinski definition) is 3. The number of carbonyl (C=O) groups is 1. The van der Waals surface area contributed by atoms with Crippen molar-refractivity contribution in [1.82, 2.24) is 9.55 Å². The molecule has 0 aliphatic heterocycles. The molecule has 0 aliphatic carbocycles. The van der Waals surface area contributed by atoms with Crippen LogP contribution in [-0.4, -0.2) is 15.5 Å². The first-order chi connectivity index (χ1) is 9.47. The maximum Gasteiger partial charge on any atom is 0.244 e. The highest BCUT2D eigenvalue weighted by Gasteiger charge is 2.11. The van der Waals surface area contributed by atoms with E-state index < -0.39 is 0 Å². The molecule has 6 heteroatoms. The quantitative estimate of drug-likeness (QED) is 0.843. The van der Waals surface area contributed by atoms with Crippen LogP contribution in [0.4, 0.5) is 11.4 Å². The summed E-state index contributed by atoms with van der Waals surface area (Å²) in [6.07, 6.45) is 3.52. The van der Waals surface area contributed by atoms with Crippen molar-refractivity contribution in [2.75, 3.05) is 11.1 Å². The summed E-state index contributed by atoms with van der Waals surface area (Å²) >= 11 is 3.38. The van der Waals surface area contributed by atoms with Crippen LogP contribution in [0.25, 0.3) is 0 Å². The molecule has 0 saturated heterocycles. The molecular formula is C14H17BrN4O. The number of aromatic nitrogens is 2. The summed E-state index contributed by atoms with van der Waals surface area (Å²) < 4.78 is 2.62. The van der Waals surface area contributed by atoms with Crippen molar-refractivity contribution < 1.29 is 4.79 Å². The lowest BCUT2D eigenvalue weighted by Gasteiger charge is -2.11. The molecule has 0 radical (unpaired) electrons. The molecule has 1 amide bonds. The van der Waals surface area contributed by atoms with Gasteiger partial charge < -0.3 is 15.6 Å². The number of rotatable bonds is 4. The Bertz CT molecular complexity index is 621. The van der Waals surface area contributed by atoms with Gasteiger partial charge in [0.1, 0.15) is 12.4 Å². The van der Waals surface area contributed by atoms with E-state index in [2.05, 4.69) is 26.2 Å². The lowest BCUT2D eigenvalue weighted by atomic mass is 10.2. The summed E-state index contributed by atoms with van der Waals surface area (Å²) in [7, 11) is 0. The average molecular weight is 337 g/mol. The fraction of sp³-hybridized carbons (Fsp3) is 0.286. The van der Waals surface area contributed by atoms with Crippen LogP contribution in [0, 0.1) is 0 Å². The molecule has 0 spiro atoms. The maximum atomic E-state index is 12.1. The van der Waals surface area contributed by atoms with Gasteiger partial charge in [-0.2, -0.15) is 0 Å². The third kappa shape index (κ3) is 3.39. The molecule has 20 heavy (non-hydrogen) atoms. The van der Waals surface area contributed by atoms with E-state index in [9.17, 15) is 4.79 Å². The summed E-state index contributed by atoms with van der Waals surface area (Å²) in [5, 5.41) is 2.85. The highest BCUT2D eigenvalue weighted by molar-refractivity contribution is 9.10. The van der Waals surface area contributed by atoms with Crippen molar-refractivity contribution in [3.8, 4) is 0 Å². The average Bonchev–Trinajstić information content (AvgIpc) is 2.81. The molecule has 1 aromatic carbocycles. The molecule has 0 fully saturated rings. The molecular weight excluding hydrogens is 320 g/mol. The fourth-order valence-electron chi connectivity index (χ4n) is 1.93. The summed E-state index contributed by atoms with van der Waals surface area (Å²) in [5.41, 5.74) is 7.02. The van der Waals surface area contributed by atoms with E-state index in [1.165, 1.54) is 0 Å². The van der Waals surface area contributed by atoms with Gasteiger partial charge in [-0.05, 0) is 34.1 Å². The smallest absolute Gasteiger partial charge is 0.244 e. The van der Waals surface area contributed by atoms with Crippen molar-refractivity contribution in [3.63, 3.8) is 0 Å². The topological polar surface area (TPSA) is 72.9 Å². The van der Waals surface area contributed by atoms with E-state index in [1.807, 2.05) is 24.6 Å². The second-order valence-electron chi connectivity index (χ2n) is 4.86. The van der Waals surface area contributed by atoms with Crippen LogP contribution in [0.15, 0.2) is 35.1 Å². The molecule has 3 N–H and O–H groups in total. The normalized spacial score (nSPS) is 10.8. The third-order valence-electron chi connectivity index (χ3n) is 2.85. The Morgan fingerprint density at radius 3 is 2.90 bits per heavy atom. The first kappa shape index (κ1) is 14.6. The van der Waals surface area contributed by atoms with Crippen LogP contribution in [0.3, 0.4) is 0 Å². The Labute approximate surface area is 126 Å². The zero-order valence-corrected chi connectivity index (χ0v) is 13.0. The number of nitrogens with zero attached hydrogens (tertiary/aromatic N) is 2. The van der Waals surface area contributed by atoms with Crippen molar-refractivity contribution in [1.29, 1.82) is 0 Å². The molecule has 106 valence electrons. The van der Waals surface area contributed by atoms with Gasteiger partial charge in [-0.3, -0.25) is 4.79 Å². The Morgan fingerprint density at radius 2 is 2.25 bits per heavy atom. The standard InChI is InChI=1S/C14H17BrN4O/c1-9(2)14-17-5-6-19(14)8-13(20)18-12-4-3-10(16)7-11(12)15/h3-7,9H,8,16H2,1-2H3,(H,18,20). The van der Waals surface area contributed by atoms with Crippen molar-refractivity contribution in [2.45, 2.75) is 26.3 Å². The second kappa shape index (κ2) is 6.09. The Balaban J connectivity index is 2.07. The van der Waals surface area contributed by atoms with E-state index in [-0.39, 0.29) is 18.4 Å². The summed E-state index contributed by atoms with van der Waals surface area (Å²) in [6, 6.07) is 5.28. The lowest BCUT2D eigenvalue weighted by molar-refractivity contribution is -0.116. The number of benzene rings is 1. The molecule has 0 unspecified atom stereocenters. The minimum Gasteiger partial charge on any atom is -0.399 e. The summed E-state index contributed by atoms with van der Waals surface area (Å²) in [6.45, 7) is 4.34. The van der Waals surface area contributed by atoms with Gasteiger partial charge in [0.15, 0.2) is 0 Å². The number of carbonyl (C=O) groups excluding carboxylic acids is 1. The number of halogens is 1. The number of amides is 1. The molecule has 0 bridgehead atoms. The van der Waals surface area contributed by atoms with Crippen LogP contribution < -0.4 is 11.1 Å². The molecule has 0 aliphatic rings. The maximum absolute atomic E-state index is 12.1. The number of nitrogens with two attached hydrogens (primary N) is 1. The van der Waals surface area contributed by atoms with E-state index in [4.69, 9.17) is 5.73 Å². The third-order valence-corrected chi connectivity index (χ3v) is 3.50. The number of anilines is 2. The number of hydrogen-bond donors (Lipinski definition) is 2. The highest BCUT2D eigenvalue weighted by atomic mass is 79.9. The van der Waals surface area contributed by atoms with Gasteiger partial charge in [0, 0.05) is 28.5 Å². The predicted octanol–water partition coefficient (Wildman–Crippen LogP) is 2.99. The first-order valence-electron chi connectivity index (χ1n) is 6.33. The minimum absolute atomic E-state index is 0.102. The van der Waals surface area contributed by atoms with E-state index in [0.717, 1.165) is 10.3 Å². The van der Waals surface area contributed by atoms with Crippen LogP contribution in [0.5, 0.6) is 0 Å². The molecule has 1 aromatic heterocycles. The molecule has 1 heterocycles. The van der Waals surface area contributed by atoms with Gasteiger partial charge in [-0.1, -0.05) is 13.8 Å². The van der Waals surface area contributed by atoms with Gasteiger partial charge in [0.25, 0.3) is 0 Å². The molecule has 0 saturated carbocycles. The fourth-order valence-corrected chi connectivity index (χ4v) is 2.43. The van der Waals surface area contributed by atoms with E-state index in [1.54, 1.807) is 24.4 Å². The molecule has 2 rings (SSSR count). The Morgan fingerprint density at radius 1 is 1.50 bits per heavy atom. The van der Waals surface area contributed by atoms with E-state index in [0.29, 0.717) is 11.4 Å². The van der Waals surface area contributed by atoms with Crippen molar-refractivity contribution in [3.05, 3.63) is 40.9 Å². The van der Waals surface area contributed by atoms with E-state index >= 15 is 0 Å². The van der Waals surface area contributed by atoms with Crippen molar-refractivity contribution >= 4 is 33.2 Å². The first-order valence-corrected chi connectivity index (χ1v) is 7.12. The van der Waals surface area contributed by atoms with Crippen LogP contribution in [0.1, 0.15) is 25.6 Å². The van der Waals surface area contributed by atoms with Gasteiger partial charge in [-0.15, -0.1) is 0 Å². The lowest BCUT2D eigenvalue weighted by Crippen LogP contribution is -2.20. The number of imidazole rings is 1. The van der Waals surface area contributed by atoms with Gasteiger partial charge in [0.05, 0.1) is 5.69 Å². The van der Waals surface area contributed by atoms with Crippen molar-refractivity contribution in [2.24, 2.45) is 0 Å².